The Morgan fingerprint density at radius 1 is 0.218 bits per heavy atom. The molecule has 0 unspecified atom stereocenters. The van der Waals surface area contributed by atoms with Gasteiger partial charge in [0.1, 0.15) is 0 Å². The highest BCUT2D eigenvalue weighted by molar-refractivity contribution is 6.31. The molecule has 0 saturated carbocycles. The Morgan fingerprint density at radius 2 is 0.727 bits per heavy atom. The summed E-state index contributed by atoms with van der Waals surface area (Å²) in [6.07, 6.45) is 0. The van der Waals surface area contributed by atoms with Gasteiger partial charge in [0.2, 0.25) is 0 Å². The maximum atomic E-state index is 2.51. The van der Waals surface area contributed by atoms with Gasteiger partial charge in [-0.25, -0.2) is 0 Å². The molecule has 0 heterocycles. The van der Waals surface area contributed by atoms with Crippen molar-refractivity contribution in [3.05, 3.63) is 200 Å². The van der Waals surface area contributed by atoms with E-state index < -0.39 is 0 Å². The molecule has 0 atom stereocenters. The molecule has 12 aromatic rings. The standard InChI is InChI=1S/C54H33N/c1-2-15-37-31-48-38(30-36(37)14-1)28-29-45-43(48)22-11-23-44(45)49-32-39-18-8-25-47-52(33-40-19-7-24-46(49)53(40)54(39)47)55(50-26-9-16-34-12-3-5-20-41(34)50)51-27-10-17-35-13-4-6-21-42(35)51/h1-33H. The predicted molar refractivity (Wildman–Crippen MR) is 238 cm³/mol. The van der Waals surface area contributed by atoms with Crippen LogP contribution in [-0.4, -0.2) is 0 Å². The highest BCUT2D eigenvalue weighted by Gasteiger charge is 2.23. The van der Waals surface area contributed by atoms with Crippen LogP contribution in [0.5, 0.6) is 0 Å². The van der Waals surface area contributed by atoms with Crippen LogP contribution in [0.3, 0.4) is 0 Å². The van der Waals surface area contributed by atoms with Gasteiger partial charge in [-0.1, -0.05) is 164 Å². The Kier molecular flexibility index (Phi) is 6.40. The van der Waals surface area contributed by atoms with E-state index in [1.165, 1.54) is 114 Å². The quantitative estimate of drug-likeness (QED) is 0.131. The summed E-state index contributed by atoms with van der Waals surface area (Å²) in [6, 6.07) is 74.3. The van der Waals surface area contributed by atoms with E-state index in [-0.39, 0.29) is 0 Å². The van der Waals surface area contributed by atoms with Crippen molar-refractivity contribution in [2.45, 2.75) is 0 Å². The SMILES string of the molecule is c1ccc2cc3c(ccc4c(-c5cc6cccc7c(N(c8cccc9ccccc89)c8cccc9ccccc89)cc8cccc5c8c67)cccc43)cc2c1. The number of fused-ring (bicyclic) bond motifs is 6. The van der Waals surface area contributed by atoms with E-state index >= 15 is 0 Å². The van der Waals surface area contributed by atoms with Crippen LogP contribution in [0.4, 0.5) is 17.1 Å². The molecule has 0 spiro atoms. The number of nitrogens with zero attached hydrogens (tertiary/aromatic N) is 1. The minimum atomic E-state index is 1.17. The van der Waals surface area contributed by atoms with Crippen molar-refractivity contribution in [1.29, 1.82) is 0 Å². The minimum absolute atomic E-state index is 1.17. The van der Waals surface area contributed by atoms with E-state index in [1.807, 2.05) is 0 Å². The van der Waals surface area contributed by atoms with Gasteiger partial charge >= 0.3 is 0 Å². The number of benzene rings is 12. The van der Waals surface area contributed by atoms with E-state index in [2.05, 4.69) is 205 Å². The zero-order chi connectivity index (χ0) is 36.0. The third kappa shape index (κ3) is 4.48. The van der Waals surface area contributed by atoms with Gasteiger partial charge in [-0.3, -0.25) is 0 Å². The summed E-state index contributed by atoms with van der Waals surface area (Å²) in [7, 11) is 0. The number of hydrogen-bond acceptors (Lipinski definition) is 1. The average molecular weight is 696 g/mol. The first-order valence-corrected chi connectivity index (χ1v) is 19.1. The first kappa shape index (κ1) is 30.3. The zero-order valence-corrected chi connectivity index (χ0v) is 30.0. The summed E-state index contributed by atoms with van der Waals surface area (Å²) in [4.78, 5) is 2.51. The summed E-state index contributed by atoms with van der Waals surface area (Å²) < 4.78 is 0. The van der Waals surface area contributed by atoms with E-state index in [4.69, 9.17) is 0 Å². The van der Waals surface area contributed by atoms with E-state index in [0.29, 0.717) is 0 Å². The Labute approximate surface area is 318 Å². The zero-order valence-electron chi connectivity index (χ0n) is 30.0. The maximum Gasteiger partial charge on any atom is 0.0547 e. The molecular formula is C54H33N. The van der Waals surface area contributed by atoms with Crippen molar-refractivity contribution in [3.8, 4) is 11.1 Å². The predicted octanol–water partition coefficient (Wildman–Crippen LogP) is 15.5. The molecule has 0 saturated heterocycles. The van der Waals surface area contributed by atoms with Gasteiger partial charge in [0.05, 0.1) is 17.1 Å². The molecule has 0 aromatic heterocycles. The lowest BCUT2D eigenvalue weighted by Gasteiger charge is -2.30. The molecule has 254 valence electrons. The second kappa shape index (κ2) is 11.6. The van der Waals surface area contributed by atoms with Crippen LogP contribution in [-0.2, 0) is 0 Å². The topological polar surface area (TPSA) is 3.24 Å². The molecule has 0 amide bonds. The molecule has 0 aliphatic heterocycles. The molecule has 0 aliphatic rings. The van der Waals surface area contributed by atoms with Gasteiger partial charge in [-0.2, -0.15) is 0 Å². The molecule has 1 nitrogen and oxygen atoms in total. The molecule has 0 N–H and O–H groups in total. The molecule has 1 heteroatoms. The summed E-state index contributed by atoms with van der Waals surface area (Å²) >= 11 is 0. The van der Waals surface area contributed by atoms with Crippen LogP contribution in [0.2, 0.25) is 0 Å². The third-order valence-corrected chi connectivity index (χ3v) is 11.9. The Hall–Kier alpha value is -7.22. The van der Waals surface area contributed by atoms with Gasteiger partial charge in [0.25, 0.3) is 0 Å². The van der Waals surface area contributed by atoms with Crippen molar-refractivity contribution in [1.82, 2.24) is 0 Å². The van der Waals surface area contributed by atoms with Crippen LogP contribution in [0.15, 0.2) is 200 Å². The van der Waals surface area contributed by atoms with Crippen LogP contribution < -0.4 is 4.90 Å². The van der Waals surface area contributed by atoms with E-state index in [0.717, 1.165) is 0 Å². The first-order chi connectivity index (χ1) is 27.3. The second-order valence-electron chi connectivity index (χ2n) is 14.8. The van der Waals surface area contributed by atoms with Gasteiger partial charge < -0.3 is 4.90 Å². The van der Waals surface area contributed by atoms with Crippen molar-refractivity contribution < 1.29 is 0 Å². The van der Waals surface area contributed by atoms with Gasteiger partial charge in [-0.15, -0.1) is 0 Å². The van der Waals surface area contributed by atoms with Crippen LogP contribution in [0, 0.1) is 0 Å². The minimum Gasteiger partial charge on any atom is -0.309 e. The number of anilines is 3. The Bertz CT molecular complexity index is 3410. The fourth-order valence-electron chi connectivity index (χ4n) is 9.46. The lowest BCUT2D eigenvalue weighted by atomic mass is 9.86. The summed E-state index contributed by atoms with van der Waals surface area (Å²) in [5.41, 5.74) is 6.04. The lowest BCUT2D eigenvalue weighted by Crippen LogP contribution is -2.12. The van der Waals surface area contributed by atoms with Crippen LogP contribution in [0.1, 0.15) is 0 Å². The number of hydrogen-bond donors (Lipinski definition) is 0. The molecule has 0 radical (unpaired) electrons. The largest absolute Gasteiger partial charge is 0.309 e. The molecule has 0 aliphatic carbocycles. The van der Waals surface area contributed by atoms with Gasteiger partial charge in [0.15, 0.2) is 0 Å². The first-order valence-electron chi connectivity index (χ1n) is 19.1. The average Bonchev–Trinajstić information content (AvgIpc) is 3.25. The highest BCUT2D eigenvalue weighted by Crippen LogP contribution is 2.50. The molecule has 55 heavy (non-hydrogen) atoms. The molecule has 0 bridgehead atoms. The van der Waals surface area contributed by atoms with Crippen LogP contribution >= 0.6 is 0 Å². The second-order valence-corrected chi connectivity index (χ2v) is 14.8. The monoisotopic (exact) mass is 695 g/mol. The number of rotatable bonds is 4. The Morgan fingerprint density at radius 3 is 1.45 bits per heavy atom. The molecule has 0 fully saturated rings. The van der Waals surface area contributed by atoms with Crippen molar-refractivity contribution in [2.24, 2.45) is 0 Å². The van der Waals surface area contributed by atoms with Crippen molar-refractivity contribution >= 4 is 103 Å². The summed E-state index contributed by atoms with van der Waals surface area (Å²) in [6.45, 7) is 0. The van der Waals surface area contributed by atoms with Crippen molar-refractivity contribution in [3.63, 3.8) is 0 Å². The smallest absolute Gasteiger partial charge is 0.0547 e. The van der Waals surface area contributed by atoms with E-state index in [1.54, 1.807) is 0 Å². The van der Waals surface area contributed by atoms with Crippen LogP contribution in [0.25, 0.3) is 97.3 Å². The van der Waals surface area contributed by atoms with Gasteiger partial charge in [0, 0.05) is 16.2 Å². The highest BCUT2D eigenvalue weighted by atomic mass is 15.1. The third-order valence-electron chi connectivity index (χ3n) is 11.9. The normalized spacial score (nSPS) is 12.0. The summed E-state index contributed by atoms with van der Waals surface area (Å²) in [5, 5.41) is 20.2. The van der Waals surface area contributed by atoms with Gasteiger partial charge in [-0.05, 0) is 118 Å². The maximum absolute atomic E-state index is 2.51. The Balaban J connectivity index is 1.15. The van der Waals surface area contributed by atoms with Crippen molar-refractivity contribution in [2.75, 3.05) is 4.90 Å². The molecule has 12 rings (SSSR count). The fraction of sp³-hybridized carbons (Fsp3) is 0. The van der Waals surface area contributed by atoms with E-state index in [9.17, 15) is 0 Å². The fourth-order valence-corrected chi connectivity index (χ4v) is 9.46. The molecular weight excluding hydrogens is 663 g/mol. The lowest BCUT2D eigenvalue weighted by molar-refractivity contribution is 1.33. The molecule has 12 aromatic carbocycles. The summed E-state index contributed by atoms with van der Waals surface area (Å²) in [5.74, 6) is 0.